The standard InChI is InChI=1S/C16H18FN/c1-4-12-7-5-9-14(16(12)17)13-8-6-10-15(18-3)11(13)2/h5-10,18H,4H2,1-3H3. The van der Waals surface area contributed by atoms with Crippen LogP contribution >= 0.6 is 0 Å². The van der Waals surface area contributed by atoms with Crippen LogP contribution in [0.2, 0.25) is 0 Å². The molecule has 1 N–H and O–H groups in total. The lowest BCUT2D eigenvalue weighted by atomic mass is 9.96. The Morgan fingerprint density at radius 2 is 1.72 bits per heavy atom. The number of aryl methyl sites for hydroxylation is 1. The molecule has 0 saturated heterocycles. The van der Waals surface area contributed by atoms with E-state index in [-0.39, 0.29) is 5.82 Å². The molecule has 0 aliphatic rings. The summed E-state index contributed by atoms with van der Waals surface area (Å²) in [5.74, 6) is -0.101. The molecule has 0 aliphatic carbocycles. The highest BCUT2D eigenvalue weighted by atomic mass is 19.1. The number of hydrogen-bond donors (Lipinski definition) is 1. The number of benzene rings is 2. The number of halogens is 1. The van der Waals surface area contributed by atoms with E-state index >= 15 is 0 Å². The van der Waals surface area contributed by atoms with Gasteiger partial charge in [-0.05, 0) is 36.1 Å². The van der Waals surface area contributed by atoms with E-state index in [1.807, 2.05) is 57.3 Å². The van der Waals surface area contributed by atoms with Gasteiger partial charge in [0.05, 0.1) is 0 Å². The lowest BCUT2D eigenvalue weighted by Crippen LogP contribution is -1.96. The van der Waals surface area contributed by atoms with Crippen molar-refractivity contribution < 1.29 is 4.39 Å². The van der Waals surface area contributed by atoms with Gasteiger partial charge < -0.3 is 5.32 Å². The molecular formula is C16H18FN. The molecule has 0 atom stereocenters. The Hall–Kier alpha value is -1.83. The number of anilines is 1. The van der Waals surface area contributed by atoms with Crippen molar-refractivity contribution in [2.45, 2.75) is 20.3 Å². The van der Waals surface area contributed by atoms with Crippen molar-refractivity contribution in [2.75, 3.05) is 12.4 Å². The number of nitrogens with one attached hydrogen (secondary N) is 1. The maximum Gasteiger partial charge on any atom is 0.134 e. The zero-order valence-corrected chi connectivity index (χ0v) is 11.0. The Bertz CT molecular complexity index is 510. The summed E-state index contributed by atoms with van der Waals surface area (Å²) in [4.78, 5) is 0. The molecule has 0 spiro atoms. The Morgan fingerprint density at radius 1 is 1.06 bits per heavy atom. The Morgan fingerprint density at radius 3 is 2.39 bits per heavy atom. The zero-order valence-electron chi connectivity index (χ0n) is 11.0. The van der Waals surface area contributed by atoms with Crippen LogP contribution in [0.4, 0.5) is 10.1 Å². The highest BCUT2D eigenvalue weighted by molar-refractivity contribution is 5.74. The van der Waals surface area contributed by atoms with Crippen LogP contribution in [-0.2, 0) is 6.42 Å². The maximum atomic E-state index is 14.4. The van der Waals surface area contributed by atoms with Gasteiger partial charge in [-0.1, -0.05) is 37.3 Å². The second kappa shape index (κ2) is 5.21. The molecule has 0 fully saturated rings. The van der Waals surface area contributed by atoms with Crippen LogP contribution in [0.1, 0.15) is 18.1 Å². The van der Waals surface area contributed by atoms with Crippen LogP contribution in [0.3, 0.4) is 0 Å². The predicted molar refractivity (Wildman–Crippen MR) is 75.5 cm³/mol. The van der Waals surface area contributed by atoms with Gasteiger partial charge in [-0.2, -0.15) is 0 Å². The van der Waals surface area contributed by atoms with Crippen LogP contribution in [0, 0.1) is 12.7 Å². The van der Waals surface area contributed by atoms with Crippen molar-refractivity contribution in [3.63, 3.8) is 0 Å². The third kappa shape index (κ3) is 2.10. The number of hydrogen-bond acceptors (Lipinski definition) is 1. The molecule has 2 aromatic carbocycles. The van der Waals surface area contributed by atoms with Gasteiger partial charge in [0.15, 0.2) is 0 Å². The summed E-state index contributed by atoms with van der Waals surface area (Å²) in [5.41, 5.74) is 4.52. The summed E-state index contributed by atoms with van der Waals surface area (Å²) in [6, 6.07) is 11.5. The molecule has 1 nitrogen and oxygen atoms in total. The van der Waals surface area contributed by atoms with E-state index in [1.165, 1.54) is 0 Å². The van der Waals surface area contributed by atoms with Crippen LogP contribution in [0.5, 0.6) is 0 Å². The summed E-state index contributed by atoms with van der Waals surface area (Å²) in [6.45, 7) is 3.98. The first kappa shape index (κ1) is 12.6. The van der Waals surface area contributed by atoms with Gasteiger partial charge in [0, 0.05) is 18.3 Å². The van der Waals surface area contributed by atoms with E-state index in [9.17, 15) is 4.39 Å². The highest BCUT2D eigenvalue weighted by Crippen LogP contribution is 2.31. The van der Waals surface area contributed by atoms with E-state index in [0.717, 1.165) is 22.4 Å². The van der Waals surface area contributed by atoms with E-state index in [0.29, 0.717) is 12.0 Å². The van der Waals surface area contributed by atoms with Gasteiger partial charge in [-0.3, -0.25) is 0 Å². The van der Waals surface area contributed by atoms with Gasteiger partial charge in [0.2, 0.25) is 0 Å². The molecular weight excluding hydrogens is 225 g/mol. The highest BCUT2D eigenvalue weighted by Gasteiger charge is 2.11. The first-order valence-electron chi connectivity index (χ1n) is 6.24. The topological polar surface area (TPSA) is 12.0 Å². The SMILES string of the molecule is CCc1cccc(-c2cccc(NC)c2C)c1F. The minimum atomic E-state index is -0.101. The normalized spacial score (nSPS) is 10.4. The second-order valence-corrected chi connectivity index (χ2v) is 4.36. The monoisotopic (exact) mass is 243 g/mol. The molecule has 0 aliphatic heterocycles. The van der Waals surface area contributed by atoms with Crippen LogP contribution < -0.4 is 5.32 Å². The third-order valence-electron chi connectivity index (χ3n) is 3.35. The quantitative estimate of drug-likeness (QED) is 0.842. The molecule has 0 heterocycles. The average Bonchev–Trinajstić information content (AvgIpc) is 2.40. The minimum absolute atomic E-state index is 0.101. The Labute approximate surface area is 108 Å². The molecule has 2 aromatic rings. The van der Waals surface area contributed by atoms with E-state index < -0.39 is 0 Å². The van der Waals surface area contributed by atoms with Gasteiger partial charge in [-0.15, -0.1) is 0 Å². The first-order chi connectivity index (χ1) is 8.69. The lowest BCUT2D eigenvalue weighted by molar-refractivity contribution is 0.615. The van der Waals surface area contributed by atoms with Crippen molar-refractivity contribution >= 4 is 5.69 Å². The van der Waals surface area contributed by atoms with Gasteiger partial charge in [0.25, 0.3) is 0 Å². The summed E-state index contributed by atoms with van der Waals surface area (Å²) < 4.78 is 14.4. The summed E-state index contributed by atoms with van der Waals surface area (Å²) in [7, 11) is 1.88. The molecule has 2 heteroatoms. The largest absolute Gasteiger partial charge is 0.388 e. The minimum Gasteiger partial charge on any atom is -0.388 e. The molecule has 0 aromatic heterocycles. The molecule has 0 radical (unpaired) electrons. The van der Waals surface area contributed by atoms with Crippen LogP contribution in [0.15, 0.2) is 36.4 Å². The van der Waals surface area contributed by atoms with E-state index in [2.05, 4.69) is 5.32 Å². The van der Waals surface area contributed by atoms with Crippen molar-refractivity contribution in [3.05, 3.63) is 53.3 Å². The summed E-state index contributed by atoms with van der Waals surface area (Å²) >= 11 is 0. The maximum absolute atomic E-state index is 14.4. The first-order valence-corrected chi connectivity index (χ1v) is 6.24. The number of rotatable bonds is 3. The second-order valence-electron chi connectivity index (χ2n) is 4.36. The zero-order chi connectivity index (χ0) is 13.1. The smallest absolute Gasteiger partial charge is 0.134 e. The van der Waals surface area contributed by atoms with E-state index in [4.69, 9.17) is 0 Å². The van der Waals surface area contributed by atoms with Crippen molar-refractivity contribution in [3.8, 4) is 11.1 Å². The molecule has 94 valence electrons. The summed E-state index contributed by atoms with van der Waals surface area (Å²) in [6.07, 6.45) is 0.713. The van der Waals surface area contributed by atoms with Crippen molar-refractivity contribution in [1.82, 2.24) is 0 Å². The predicted octanol–water partition coefficient (Wildman–Crippen LogP) is 4.41. The fourth-order valence-corrected chi connectivity index (χ4v) is 2.26. The fourth-order valence-electron chi connectivity index (χ4n) is 2.26. The molecule has 0 bridgehead atoms. The van der Waals surface area contributed by atoms with Crippen molar-refractivity contribution in [2.24, 2.45) is 0 Å². The Balaban J connectivity index is 2.62. The lowest BCUT2D eigenvalue weighted by Gasteiger charge is -2.13. The fraction of sp³-hybridized carbons (Fsp3) is 0.250. The summed E-state index contributed by atoms with van der Waals surface area (Å²) in [5, 5.41) is 3.13. The molecule has 2 rings (SSSR count). The van der Waals surface area contributed by atoms with Gasteiger partial charge in [0.1, 0.15) is 5.82 Å². The van der Waals surface area contributed by atoms with Gasteiger partial charge in [-0.25, -0.2) is 4.39 Å². The van der Waals surface area contributed by atoms with Crippen LogP contribution in [0.25, 0.3) is 11.1 Å². The third-order valence-corrected chi connectivity index (χ3v) is 3.35. The molecule has 0 unspecified atom stereocenters. The van der Waals surface area contributed by atoms with Gasteiger partial charge >= 0.3 is 0 Å². The average molecular weight is 243 g/mol. The Kier molecular flexibility index (Phi) is 3.66. The van der Waals surface area contributed by atoms with Crippen molar-refractivity contribution in [1.29, 1.82) is 0 Å². The molecule has 0 amide bonds. The van der Waals surface area contributed by atoms with Crippen LogP contribution in [-0.4, -0.2) is 7.05 Å². The molecule has 18 heavy (non-hydrogen) atoms. The van der Waals surface area contributed by atoms with E-state index in [1.54, 1.807) is 0 Å². The molecule has 0 saturated carbocycles.